The fraction of sp³-hybridized carbons (Fsp3) is 0.192. The first-order valence-electron chi connectivity index (χ1n) is 10.6. The number of aromatic nitrogens is 2. The van der Waals surface area contributed by atoms with Gasteiger partial charge in [0.25, 0.3) is 5.91 Å². The maximum absolute atomic E-state index is 13.3. The molecule has 33 heavy (non-hydrogen) atoms. The first-order valence-corrected chi connectivity index (χ1v) is 10.6. The Morgan fingerprint density at radius 1 is 1.33 bits per heavy atom. The van der Waals surface area contributed by atoms with Gasteiger partial charge in [0.1, 0.15) is 11.6 Å². The molecule has 0 bridgehead atoms. The molecular formula is C26H28FN5O. The van der Waals surface area contributed by atoms with Gasteiger partial charge in [0.15, 0.2) is 5.82 Å². The molecule has 0 radical (unpaired) electrons. The molecule has 170 valence electrons. The van der Waals surface area contributed by atoms with Gasteiger partial charge in [-0.25, -0.2) is 9.37 Å². The number of hydrogen-bond donors (Lipinski definition) is 2. The number of aliphatic imine (C=N–C) groups is 1. The number of carbonyl (C=O) groups is 1. The predicted octanol–water partition coefficient (Wildman–Crippen LogP) is 5.02. The van der Waals surface area contributed by atoms with Gasteiger partial charge in [0, 0.05) is 42.8 Å². The molecule has 0 spiro atoms. The van der Waals surface area contributed by atoms with E-state index in [0.29, 0.717) is 23.8 Å². The lowest BCUT2D eigenvalue weighted by atomic mass is 10.0. The summed E-state index contributed by atoms with van der Waals surface area (Å²) in [4.78, 5) is 21.5. The highest BCUT2D eigenvalue weighted by Gasteiger charge is 2.13. The van der Waals surface area contributed by atoms with Crippen LogP contribution >= 0.6 is 0 Å². The predicted molar refractivity (Wildman–Crippen MR) is 133 cm³/mol. The number of rotatable bonds is 7. The zero-order valence-electron chi connectivity index (χ0n) is 19.3. The van der Waals surface area contributed by atoms with Crippen molar-refractivity contribution in [2.75, 3.05) is 11.9 Å². The molecule has 0 saturated carbocycles. The van der Waals surface area contributed by atoms with E-state index < -0.39 is 0 Å². The van der Waals surface area contributed by atoms with Crippen LogP contribution in [0.4, 0.5) is 10.2 Å². The van der Waals surface area contributed by atoms with Crippen LogP contribution in [0.25, 0.3) is 11.8 Å². The number of benzene rings is 1. The first kappa shape index (κ1) is 23.7. The average molecular weight is 446 g/mol. The SMILES string of the molecule is C=C(/C=C\c1nc(NC(=O)C2=CCNC(C)=C2)cn1C)/C(C)=C(/N=CC)c1ccc(F)cc1. The number of anilines is 1. The number of hydrogen-bond acceptors (Lipinski definition) is 4. The van der Waals surface area contributed by atoms with Crippen molar-refractivity contribution < 1.29 is 9.18 Å². The summed E-state index contributed by atoms with van der Waals surface area (Å²) in [6, 6.07) is 6.21. The van der Waals surface area contributed by atoms with Crippen molar-refractivity contribution in [3.05, 3.63) is 94.9 Å². The normalized spacial score (nSPS) is 14.6. The lowest BCUT2D eigenvalue weighted by Gasteiger charge is -2.12. The summed E-state index contributed by atoms with van der Waals surface area (Å²) in [5.74, 6) is 0.630. The lowest BCUT2D eigenvalue weighted by Crippen LogP contribution is -2.21. The molecule has 3 rings (SSSR count). The van der Waals surface area contributed by atoms with Crippen LogP contribution in [-0.2, 0) is 11.8 Å². The van der Waals surface area contributed by atoms with E-state index in [0.717, 1.165) is 28.1 Å². The van der Waals surface area contributed by atoms with Crippen LogP contribution in [-0.4, -0.2) is 28.2 Å². The smallest absolute Gasteiger partial charge is 0.256 e. The van der Waals surface area contributed by atoms with Crippen LogP contribution in [0, 0.1) is 5.82 Å². The number of aryl methyl sites for hydroxylation is 1. The number of dihydropyridines is 1. The van der Waals surface area contributed by atoms with Gasteiger partial charge >= 0.3 is 0 Å². The molecule has 0 aliphatic carbocycles. The van der Waals surface area contributed by atoms with Crippen LogP contribution in [0.15, 0.2) is 82.7 Å². The van der Waals surface area contributed by atoms with Crippen LogP contribution < -0.4 is 10.6 Å². The van der Waals surface area contributed by atoms with Gasteiger partial charge in [-0.05, 0) is 68.3 Å². The third kappa shape index (κ3) is 6.04. The number of imidazole rings is 1. The van der Waals surface area contributed by atoms with Gasteiger partial charge in [-0.2, -0.15) is 0 Å². The maximum atomic E-state index is 13.3. The van der Waals surface area contributed by atoms with E-state index in [2.05, 4.69) is 27.2 Å². The Hall–Kier alpha value is -4.00. The van der Waals surface area contributed by atoms with Crippen molar-refractivity contribution in [3.8, 4) is 0 Å². The number of nitrogens with zero attached hydrogens (tertiary/aromatic N) is 3. The van der Waals surface area contributed by atoms with Crippen molar-refractivity contribution in [1.29, 1.82) is 0 Å². The first-order chi connectivity index (χ1) is 15.8. The monoisotopic (exact) mass is 445 g/mol. The third-order valence-corrected chi connectivity index (χ3v) is 5.14. The number of carbonyl (C=O) groups excluding carboxylic acids is 1. The molecule has 1 aliphatic rings. The van der Waals surface area contributed by atoms with Crippen molar-refractivity contribution in [1.82, 2.24) is 14.9 Å². The van der Waals surface area contributed by atoms with Gasteiger partial charge in [-0.3, -0.25) is 9.79 Å². The maximum Gasteiger partial charge on any atom is 0.256 e. The summed E-state index contributed by atoms with van der Waals surface area (Å²) in [7, 11) is 1.85. The summed E-state index contributed by atoms with van der Waals surface area (Å²) in [6.45, 7) is 10.4. The van der Waals surface area contributed by atoms with Gasteiger partial charge in [0.2, 0.25) is 0 Å². The summed E-state index contributed by atoms with van der Waals surface area (Å²) < 4.78 is 15.1. The largest absolute Gasteiger partial charge is 0.385 e. The molecule has 1 aromatic heterocycles. The van der Waals surface area contributed by atoms with Gasteiger partial charge in [-0.15, -0.1) is 0 Å². The van der Waals surface area contributed by atoms with Crippen LogP contribution in [0.5, 0.6) is 0 Å². The number of allylic oxidation sites excluding steroid dienone is 4. The molecule has 1 amide bonds. The van der Waals surface area contributed by atoms with Crippen molar-refractivity contribution >= 4 is 29.7 Å². The molecule has 2 aromatic rings. The number of nitrogens with one attached hydrogen (secondary N) is 2. The summed E-state index contributed by atoms with van der Waals surface area (Å²) in [5, 5.41) is 5.99. The minimum absolute atomic E-state index is 0.200. The summed E-state index contributed by atoms with van der Waals surface area (Å²) in [6.07, 6.45) is 10.8. The van der Waals surface area contributed by atoms with E-state index in [9.17, 15) is 9.18 Å². The molecule has 2 N–H and O–H groups in total. The van der Waals surface area contributed by atoms with Crippen molar-refractivity contribution in [2.45, 2.75) is 20.8 Å². The quantitative estimate of drug-likeness (QED) is 0.464. The Balaban J connectivity index is 1.77. The van der Waals surface area contributed by atoms with E-state index >= 15 is 0 Å². The molecule has 7 heteroatoms. The zero-order valence-corrected chi connectivity index (χ0v) is 19.3. The standard InChI is InChI=1S/C26H28FN5O/c1-6-28-25(20-8-10-22(27)11-9-20)19(4)17(2)7-12-24-30-23(16-32(24)5)31-26(33)21-13-14-29-18(3)15-21/h6-13,15-16,29H,2,14H2,1,3-5H3,(H,31,33)/b12-7-,25-19+,28-6?. The molecule has 0 unspecified atom stereocenters. The number of amides is 1. The highest BCUT2D eigenvalue weighted by Crippen LogP contribution is 2.25. The van der Waals surface area contributed by atoms with E-state index in [-0.39, 0.29) is 11.7 Å². The van der Waals surface area contributed by atoms with Gasteiger partial charge in [0.05, 0.1) is 5.70 Å². The second-order valence-corrected chi connectivity index (χ2v) is 7.64. The lowest BCUT2D eigenvalue weighted by molar-refractivity contribution is -0.112. The van der Waals surface area contributed by atoms with E-state index in [1.165, 1.54) is 12.1 Å². The van der Waals surface area contributed by atoms with Crippen molar-refractivity contribution in [3.63, 3.8) is 0 Å². The molecule has 0 saturated heterocycles. The van der Waals surface area contributed by atoms with Crippen LogP contribution in [0.3, 0.4) is 0 Å². The second kappa shape index (κ2) is 10.5. The molecule has 1 aromatic carbocycles. The van der Waals surface area contributed by atoms with Crippen LogP contribution in [0.2, 0.25) is 0 Å². The Kier molecular flexibility index (Phi) is 7.56. The Morgan fingerprint density at radius 2 is 2.06 bits per heavy atom. The van der Waals surface area contributed by atoms with Crippen molar-refractivity contribution in [2.24, 2.45) is 12.0 Å². The topological polar surface area (TPSA) is 71.3 Å². The highest BCUT2D eigenvalue weighted by atomic mass is 19.1. The summed E-state index contributed by atoms with van der Waals surface area (Å²) >= 11 is 0. The number of halogens is 1. The highest BCUT2D eigenvalue weighted by molar-refractivity contribution is 6.05. The van der Waals surface area contributed by atoms with E-state index in [4.69, 9.17) is 0 Å². The molecular weight excluding hydrogens is 417 g/mol. The molecule has 0 atom stereocenters. The van der Waals surface area contributed by atoms with Crippen LogP contribution in [0.1, 0.15) is 32.2 Å². The molecule has 0 fully saturated rings. The fourth-order valence-electron chi connectivity index (χ4n) is 3.28. The minimum Gasteiger partial charge on any atom is -0.385 e. The van der Waals surface area contributed by atoms with E-state index in [1.54, 1.807) is 30.6 Å². The molecule has 2 heterocycles. The average Bonchev–Trinajstić information content (AvgIpc) is 3.14. The molecule has 1 aliphatic heterocycles. The Bertz CT molecular complexity index is 1210. The Morgan fingerprint density at radius 3 is 2.73 bits per heavy atom. The second-order valence-electron chi connectivity index (χ2n) is 7.64. The Labute approximate surface area is 193 Å². The zero-order chi connectivity index (χ0) is 24.0. The van der Waals surface area contributed by atoms with E-state index in [1.807, 2.05) is 50.6 Å². The minimum atomic E-state index is -0.296. The summed E-state index contributed by atoms with van der Waals surface area (Å²) in [5.41, 5.74) is 4.68. The fourth-order valence-corrected chi connectivity index (χ4v) is 3.28. The van der Waals surface area contributed by atoms with Gasteiger partial charge < -0.3 is 15.2 Å². The third-order valence-electron chi connectivity index (χ3n) is 5.14. The molecule has 6 nitrogen and oxygen atoms in total. The van der Waals surface area contributed by atoms with Gasteiger partial charge in [-0.1, -0.05) is 18.7 Å².